The average Bonchev–Trinajstić information content (AvgIpc) is 2.64. The number of ether oxygens (including phenoxy) is 2. The summed E-state index contributed by atoms with van der Waals surface area (Å²) in [4.78, 5) is 0. The third kappa shape index (κ3) is 7.65. The Labute approximate surface area is 162 Å². The fourth-order valence-electron chi connectivity index (χ4n) is 2.56. The standard InChI is InChI=1S/C21H29NO3.ClH/c1-17-6-8-18(9-7-17)16-25-20-11-10-19(14-21(20)24-2)15-22-12-4-3-5-13-23;/h6-11,14,22-23H,3-5,12-13,15-16H2,1-2H3;1H. The van der Waals surface area contributed by atoms with Gasteiger partial charge in [0.2, 0.25) is 0 Å². The van der Waals surface area contributed by atoms with Gasteiger partial charge in [-0.3, -0.25) is 0 Å². The Bertz CT molecular complexity index is 632. The van der Waals surface area contributed by atoms with Crippen LogP contribution in [0.4, 0.5) is 0 Å². The van der Waals surface area contributed by atoms with Gasteiger partial charge in [0.25, 0.3) is 0 Å². The number of rotatable bonds is 11. The lowest BCUT2D eigenvalue weighted by molar-refractivity contribution is 0.282. The number of hydrogen-bond acceptors (Lipinski definition) is 4. The summed E-state index contributed by atoms with van der Waals surface area (Å²) in [7, 11) is 1.67. The lowest BCUT2D eigenvalue weighted by Crippen LogP contribution is -2.14. The Morgan fingerprint density at radius 3 is 2.35 bits per heavy atom. The third-order valence-corrected chi connectivity index (χ3v) is 4.08. The van der Waals surface area contributed by atoms with Gasteiger partial charge in [-0.05, 0) is 56.0 Å². The molecule has 2 aromatic rings. The Hall–Kier alpha value is -1.75. The molecule has 0 fully saturated rings. The molecule has 0 bridgehead atoms. The number of aliphatic hydroxyl groups excluding tert-OH is 1. The van der Waals surface area contributed by atoms with Crippen LogP contribution in [0.3, 0.4) is 0 Å². The second-order valence-corrected chi connectivity index (χ2v) is 6.22. The molecular weight excluding hydrogens is 350 g/mol. The van der Waals surface area contributed by atoms with Crippen LogP contribution in [0.25, 0.3) is 0 Å². The predicted octanol–water partition coefficient (Wildman–Crippen LogP) is 4.26. The van der Waals surface area contributed by atoms with Gasteiger partial charge in [0, 0.05) is 13.2 Å². The van der Waals surface area contributed by atoms with Gasteiger partial charge >= 0.3 is 0 Å². The maximum absolute atomic E-state index is 8.77. The predicted molar refractivity (Wildman–Crippen MR) is 108 cm³/mol. The zero-order valence-corrected chi connectivity index (χ0v) is 16.5. The monoisotopic (exact) mass is 379 g/mol. The normalized spacial score (nSPS) is 10.3. The quantitative estimate of drug-likeness (QED) is 0.573. The van der Waals surface area contributed by atoms with Gasteiger partial charge < -0.3 is 19.9 Å². The van der Waals surface area contributed by atoms with Crippen LogP contribution in [0.1, 0.15) is 36.0 Å². The zero-order chi connectivity index (χ0) is 17.9. The average molecular weight is 380 g/mol. The highest BCUT2D eigenvalue weighted by atomic mass is 35.5. The Balaban J connectivity index is 0.00000338. The minimum atomic E-state index is 0. The van der Waals surface area contributed by atoms with E-state index in [1.54, 1.807) is 7.11 Å². The molecule has 2 N–H and O–H groups in total. The van der Waals surface area contributed by atoms with E-state index >= 15 is 0 Å². The van der Waals surface area contributed by atoms with E-state index < -0.39 is 0 Å². The summed E-state index contributed by atoms with van der Waals surface area (Å²) in [5, 5.41) is 12.2. The Morgan fingerprint density at radius 2 is 1.65 bits per heavy atom. The van der Waals surface area contributed by atoms with Crippen molar-refractivity contribution in [1.82, 2.24) is 5.32 Å². The Kier molecular flexibility index (Phi) is 10.8. The second kappa shape index (κ2) is 12.6. The van der Waals surface area contributed by atoms with Crippen LogP contribution < -0.4 is 14.8 Å². The second-order valence-electron chi connectivity index (χ2n) is 6.22. The lowest BCUT2D eigenvalue weighted by atomic mass is 10.1. The van der Waals surface area contributed by atoms with Crippen LogP contribution in [0, 0.1) is 6.92 Å². The molecule has 5 heteroatoms. The van der Waals surface area contributed by atoms with Crippen LogP contribution in [0.2, 0.25) is 0 Å². The molecule has 144 valence electrons. The van der Waals surface area contributed by atoms with Crippen molar-refractivity contribution in [2.24, 2.45) is 0 Å². The summed E-state index contributed by atoms with van der Waals surface area (Å²) in [6, 6.07) is 14.4. The van der Waals surface area contributed by atoms with Crippen molar-refractivity contribution in [2.75, 3.05) is 20.3 Å². The molecule has 0 heterocycles. The molecular formula is C21H30ClNO3. The molecule has 0 saturated carbocycles. The summed E-state index contributed by atoms with van der Waals surface area (Å²) in [5.41, 5.74) is 3.55. The number of nitrogens with one attached hydrogen (secondary N) is 1. The molecule has 0 aliphatic rings. The van der Waals surface area contributed by atoms with Crippen molar-refractivity contribution in [2.45, 2.75) is 39.3 Å². The number of methoxy groups -OCH3 is 1. The summed E-state index contributed by atoms with van der Waals surface area (Å²) in [6.07, 6.45) is 3.01. The van der Waals surface area contributed by atoms with E-state index in [9.17, 15) is 0 Å². The van der Waals surface area contributed by atoms with Crippen LogP contribution in [-0.4, -0.2) is 25.4 Å². The SMILES string of the molecule is COc1cc(CNCCCCCO)ccc1OCc1ccc(C)cc1.Cl. The molecule has 2 rings (SSSR count). The van der Waals surface area contributed by atoms with Gasteiger partial charge in [0.05, 0.1) is 7.11 Å². The molecule has 0 unspecified atom stereocenters. The summed E-state index contributed by atoms with van der Waals surface area (Å²) in [5.74, 6) is 1.52. The third-order valence-electron chi connectivity index (χ3n) is 4.08. The number of aryl methyl sites for hydroxylation is 1. The maximum atomic E-state index is 8.77. The largest absolute Gasteiger partial charge is 0.493 e. The van der Waals surface area contributed by atoms with Gasteiger partial charge in [-0.1, -0.05) is 35.9 Å². The van der Waals surface area contributed by atoms with E-state index in [1.807, 2.05) is 12.1 Å². The van der Waals surface area contributed by atoms with E-state index in [0.29, 0.717) is 6.61 Å². The highest BCUT2D eigenvalue weighted by Crippen LogP contribution is 2.28. The molecule has 0 aliphatic carbocycles. The number of benzene rings is 2. The van der Waals surface area contributed by atoms with E-state index in [0.717, 1.165) is 49.4 Å². The highest BCUT2D eigenvalue weighted by Gasteiger charge is 2.06. The smallest absolute Gasteiger partial charge is 0.161 e. The fourth-order valence-corrected chi connectivity index (χ4v) is 2.56. The highest BCUT2D eigenvalue weighted by molar-refractivity contribution is 5.85. The lowest BCUT2D eigenvalue weighted by Gasteiger charge is -2.13. The number of halogens is 1. The summed E-state index contributed by atoms with van der Waals surface area (Å²) >= 11 is 0. The summed E-state index contributed by atoms with van der Waals surface area (Å²) in [6.45, 7) is 4.63. The molecule has 0 amide bonds. The Morgan fingerprint density at radius 1 is 0.923 bits per heavy atom. The fraction of sp³-hybridized carbons (Fsp3) is 0.429. The van der Waals surface area contributed by atoms with Crippen LogP contribution in [0.5, 0.6) is 11.5 Å². The van der Waals surface area contributed by atoms with Crippen LogP contribution >= 0.6 is 12.4 Å². The molecule has 0 atom stereocenters. The molecule has 0 spiro atoms. The van der Waals surface area contributed by atoms with Gasteiger partial charge in [-0.25, -0.2) is 0 Å². The molecule has 0 aromatic heterocycles. The summed E-state index contributed by atoms with van der Waals surface area (Å²) < 4.78 is 11.4. The first-order valence-electron chi connectivity index (χ1n) is 8.90. The maximum Gasteiger partial charge on any atom is 0.161 e. The topological polar surface area (TPSA) is 50.7 Å². The first-order valence-corrected chi connectivity index (χ1v) is 8.90. The van der Waals surface area contributed by atoms with Crippen molar-refractivity contribution in [1.29, 1.82) is 0 Å². The van der Waals surface area contributed by atoms with Gasteiger partial charge in [0.1, 0.15) is 6.61 Å². The van der Waals surface area contributed by atoms with Crippen molar-refractivity contribution in [3.05, 3.63) is 59.2 Å². The van der Waals surface area contributed by atoms with E-state index in [-0.39, 0.29) is 19.0 Å². The zero-order valence-electron chi connectivity index (χ0n) is 15.7. The molecule has 4 nitrogen and oxygen atoms in total. The van der Waals surface area contributed by atoms with Gasteiger partial charge in [-0.15, -0.1) is 12.4 Å². The van der Waals surface area contributed by atoms with E-state index in [1.165, 1.54) is 11.1 Å². The number of hydrogen-bond donors (Lipinski definition) is 2. The first-order chi connectivity index (χ1) is 12.2. The van der Waals surface area contributed by atoms with Crippen molar-refractivity contribution in [3.63, 3.8) is 0 Å². The van der Waals surface area contributed by atoms with E-state index in [2.05, 4.69) is 42.6 Å². The molecule has 0 radical (unpaired) electrons. The van der Waals surface area contributed by atoms with Crippen LogP contribution in [-0.2, 0) is 13.2 Å². The van der Waals surface area contributed by atoms with Gasteiger partial charge in [0.15, 0.2) is 11.5 Å². The molecule has 0 aliphatic heterocycles. The van der Waals surface area contributed by atoms with Crippen LogP contribution in [0.15, 0.2) is 42.5 Å². The molecule has 0 saturated heterocycles. The molecule has 2 aromatic carbocycles. The van der Waals surface area contributed by atoms with Crippen molar-refractivity contribution < 1.29 is 14.6 Å². The minimum Gasteiger partial charge on any atom is -0.493 e. The van der Waals surface area contributed by atoms with Crippen molar-refractivity contribution in [3.8, 4) is 11.5 Å². The first kappa shape index (κ1) is 22.3. The number of aliphatic hydroxyl groups is 1. The molecule has 26 heavy (non-hydrogen) atoms. The van der Waals surface area contributed by atoms with E-state index in [4.69, 9.17) is 14.6 Å². The van der Waals surface area contributed by atoms with Crippen molar-refractivity contribution >= 4 is 12.4 Å². The van der Waals surface area contributed by atoms with Gasteiger partial charge in [-0.2, -0.15) is 0 Å². The number of unbranched alkanes of at least 4 members (excludes halogenated alkanes) is 2. The minimum absolute atomic E-state index is 0.